The van der Waals surface area contributed by atoms with Gasteiger partial charge in [0.2, 0.25) is 0 Å². The normalized spacial score (nSPS) is 8.33. The highest BCUT2D eigenvalue weighted by atomic mass is 16.4. The van der Waals surface area contributed by atoms with Crippen molar-refractivity contribution in [2.75, 3.05) is 0 Å². The number of aliphatic carboxylic acids is 1. The van der Waals surface area contributed by atoms with E-state index in [2.05, 4.69) is 6.58 Å². The minimum absolute atomic E-state index is 0.176. The second-order valence-corrected chi connectivity index (χ2v) is 2.76. The number of carbonyl (C=O) groups is 2. The van der Waals surface area contributed by atoms with Crippen LogP contribution in [0, 0.1) is 0 Å². The van der Waals surface area contributed by atoms with Gasteiger partial charge in [-0.25, -0.2) is 9.59 Å². The molecule has 0 atom stereocenters. The van der Waals surface area contributed by atoms with Gasteiger partial charge in [0.1, 0.15) is 0 Å². The van der Waals surface area contributed by atoms with Crippen molar-refractivity contribution in [1.29, 1.82) is 0 Å². The Morgan fingerprint density at radius 3 is 1.73 bits per heavy atom. The Morgan fingerprint density at radius 2 is 1.53 bits per heavy atom. The molecule has 0 saturated carbocycles. The predicted molar refractivity (Wildman–Crippen MR) is 55.9 cm³/mol. The third kappa shape index (κ3) is 6.04. The Hall–Kier alpha value is -2.10. The maximum Gasteiger partial charge on any atom is 0.335 e. The average molecular weight is 208 g/mol. The number of benzene rings is 1. The highest BCUT2D eigenvalue weighted by Gasteiger charge is 1.96. The summed E-state index contributed by atoms with van der Waals surface area (Å²) < 4.78 is 0. The molecule has 0 amide bonds. The molecule has 0 aliphatic rings. The van der Waals surface area contributed by atoms with Crippen molar-refractivity contribution in [3.63, 3.8) is 0 Å². The summed E-state index contributed by atoms with van der Waals surface area (Å²) >= 11 is 0. The maximum atomic E-state index is 10.2. The lowest BCUT2D eigenvalue weighted by molar-refractivity contribution is -0.132. The molecule has 0 bridgehead atoms. The molecule has 1 aromatic rings. The topological polar surface area (TPSA) is 74.6 Å². The molecule has 0 aromatic heterocycles. The minimum Gasteiger partial charge on any atom is -0.478 e. The Morgan fingerprint density at radius 1 is 1.13 bits per heavy atom. The third-order valence-corrected chi connectivity index (χ3v) is 1.39. The van der Waals surface area contributed by atoms with Crippen molar-refractivity contribution >= 4 is 11.9 Å². The summed E-state index contributed by atoms with van der Waals surface area (Å²) in [7, 11) is 0. The molecule has 0 spiro atoms. The zero-order chi connectivity index (χ0) is 11.8. The number of carboxylic acids is 2. The first-order valence-corrected chi connectivity index (χ1v) is 4.12. The van der Waals surface area contributed by atoms with Crippen LogP contribution in [0.25, 0.3) is 0 Å². The lowest BCUT2D eigenvalue weighted by atomic mass is 10.2. The SMILES string of the molecule is C=C(C)C(=O)O.O=C(O)c1ccccc1. The van der Waals surface area contributed by atoms with Gasteiger partial charge in [-0.3, -0.25) is 0 Å². The molecule has 0 aliphatic heterocycles. The lowest BCUT2D eigenvalue weighted by Gasteiger charge is -1.88. The van der Waals surface area contributed by atoms with E-state index < -0.39 is 11.9 Å². The van der Waals surface area contributed by atoms with Gasteiger partial charge in [-0.15, -0.1) is 0 Å². The third-order valence-electron chi connectivity index (χ3n) is 1.39. The van der Waals surface area contributed by atoms with Crippen molar-refractivity contribution in [2.45, 2.75) is 6.92 Å². The molecule has 15 heavy (non-hydrogen) atoms. The zero-order valence-corrected chi connectivity index (χ0v) is 8.30. The molecule has 0 aliphatic carbocycles. The molecule has 0 unspecified atom stereocenters. The first-order chi connectivity index (χ1) is 6.95. The van der Waals surface area contributed by atoms with Crippen molar-refractivity contribution in [3.05, 3.63) is 48.0 Å². The maximum absolute atomic E-state index is 10.2. The fraction of sp³-hybridized carbons (Fsp3) is 0.0909. The van der Waals surface area contributed by atoms with Crippen molar-refractivity contribution < 1.29 is 19.8 Å². The molecule has 0 fully saturated rings. The van der Waals surface area contributed by atoms with Crippen LogP contribution >= 0.6 is 0 Å². The monoisotopic (exact) mass is 208 g/mol. The zero-order valence-electron chi connectivity index (χ0n) is 8.30. The summed E-state index contributed by atoms with van der Waals surface area (Å²) in [6, 6.07) is 8.30. The summed E-state index contributed by atoms with van der Waals surface area (Å²) in [5.74, 6) is -1.81. The average Bonchev–Trinajstić information content (AvgIpc) is 2.20. The first kappa shape index (κ1) is 12.9. The van der Waals surface area contributed by atoms with E-state index in [1.165, 1.54) is 6.92 Å². The molecule has 4 nitrogen and oxygen atoms in total. The minimum atomic E-state index is -0.935. The summed E-state index contributed by atoms with van der Waals surface area (Å²) in [6.07, 6.45) is 0. The summed E-state index contributed by atoms with van der Waals surface area (Å²) in [5.41, 5.74) is 0.507. The van der Waals surface area contributed by atoms with Crippen molar-refractivity contribution in [1.82, 2.24) is 0 Å². The highest BCUT2D eigenvalue weighted by molar-refractivity contribution is 5.87. The molecular weight excluding hydrogens is 196 g/mol. The quantitative estimate of drug-likeness (QED) is 0.729. The van der Waals surface area contributed by atoms with Crippen LogP contribution in [-0.4, -0.2) is 22.2 Å². The van der Waals surface area contributed by atoms with Gasteiger partial charge in [0, 0.05) is 5.57 Å². The van der Waals surface area contributed by atoms with Crippen LogP contribution in [0.4, 0.5) is 0 Å². The van der Waals surface area contributed by atoms with Gasteiger partial charge in [-0.1, -0.05) is 24.8 Å². The van der Waals surface area contributed by atoms with Gasteiger partial charge >= 0.3 is 11.9 Å². The van der Waals surface area contributed by atoms with Gasteiger partial charge in [0.15, 0.2) is 0 Å². The van der Waals surface area contributed by atoms with E-state index in [9.17, 15) is 9.59 Å². The van der Waals surface area contributed by atoms with Crippen molar-refractivity contribution in [3.8, 4) is 0 Å². The molecule has 0 saturated heterocycles. The molecule has 4 heteroatoms. The van der Waals surface area contributed by atoms with Crippen LogP contribution < -0.4 is 0 Å². The van der Waals surface area contributed by atoms with E-state index >= 15 is 0 Å². The largest absolute Gasteiger partial charge is 0.478 e. The fourth-order valence-electron chi connectivity index (χ4n) is 0.581. The summed E-state index contributed by atoms with van der Waals surface area (Å²) in [5, 5.41) is 16.3. The van der Waals surface area contributed by atoms with Gasteiger partial charge in [-0.05, 0) is 19.1 Å². The van der Waals surface area contributed by atoms with E-state index in [1.54, 1.807) is 30.3 Å². The van der Waals surface area contributed by atoms with Crippen LogP contribution in [0.3, 0.4) is 0 Å². The molecule has 1 aromatic carbocycles. The second-order valence-electron chi connectivity index (χ2n) is 2.76. The Balaban J connectivity index is 0.000000288. The second kappa shape index (κ2) is 6.37. The molecule has 2 N–H and O–H groups in total. The van der Waals surface area contributed by atoms with E-state index in [-0.39, 0.29) is 5.57 Å². The number of carboxylic acid groups (broad SMARTS) is 2. The molecule has 80 valence electrons. The first-order valence-electron chi connectivity index (χ1n) is 4.12. The molecule has 0 heterocycles. The van der Waals surface area contributed by atoms with Crippen LogP contribution in [0.5, 0.6) is 0 Å². The standard InChI is InChI=1S/C7H6O2.C4H6O2/c8-7(9)6-4-2-1-3-5-6;1-3(2)4(5)6/h1-5H,(H,8,9);1H2,2H3,(H,5,6). The smallest absolute Gasteiger partial charge is 0.335 e. The summed E-state index contributed by atoms with van der Waals surface area (Å²) in [6.45, 7) is 4.60. The van der Waals surface area contributed by atoms with Crippen LogP contribution in [0.2, 0.25) is 0 Å². The Labute approximate surface area is 87.5 Å². The van der Waals surface area contributed by atoms with E-state index in [0.29, 0.717) is 5.56 Å². The van der Waals surface area contributed by atoms with Gasteiger partial charge in [-0.2, -0.15) is 0 Å². The van der Waals surface area contributed by atoms with Gasteiger partial charge in [0.25, 0.3) is 0 Å². The summed E-state index contributed by atoms with van der Waals surface area (Å²) in [4.78, 5) is 19.8. The van der Waals surface area contributed by atoms with Gasteiger partial charge < -0.3 is 10.2 Å². The van der Waals surface area contributed by atoms with E-state index in [1.807, 2.05) is 0 Å². The molecule has 0 radical (unpaired) electrons. The van der Waals surface area contributed by atoms with Crippen LogP contribution in [0.15, 0.2) is 42.5 Å². The van der Waals surface area contributed by atoms with Crippen LogP contribution in [0.1, 0.15) is 17.3 Å². The van der Waals surface area contributed by atoms with E-state index in [4.69, 9.17) is 10.2 Å². The van der Waals surface area contributed by atoms with Gasteiger partial charge in [0.05, 0.1) is 5.56 Å². The Bertz CT molecular complexity index is 342. The number of hydrogen-bond acceptors (Lipinski definition) is 2. The molecule has 1 rings (SSSR count). The Kier molecular flexibility index (Phi) is 5.48. The van der Waals surface area contributed by atoms with Crippen LogP contribution in [-0.2, 0) is 4.79 Å². The van der Waals surface area contributed by atoms with E-state index in [0.717, 1.165) is 0 Å². The lowest BCUT2D eigenvalue weighted by Crippen LogP contribution is -1.93. The predicted octanol–water partition coefficient (Wildman–Crippen LogP) is 2.03. The van der Waals surface area contributed by atoms with Crippen molar-refractivity contribution in [2.24, 2.45) is 0 Å². The number of hydrogen-bond donors (Lipinski definition) is 2. The highest BCUT2D eigenvalue weighted by Crippen LogP contribution is 1.96. The number of rotatable bonds is 2. The molecular formula is C11H12O4. The fourth-order valence-corrected chi connectivity index (χ4v) is 0.581. The number of aromatic carboxylic acids is 1.